The van der Waals surface area contributed by atoms with Gasteiger partial charge in [-0.25, -0.2) is 9.98 Å². The predicted octanol–water partition coefficient (Wildman–Crippen LogP) is 1.84. The highest BCUT2D eigenvalue weighted by molar-refractivity contribution is 5.86. The van der Waals surface area contributed by atoms with Gasteiger partial charge >= 0.3 is 0 Å². The Morgan fingerprint density at radius 3 is 2.52 bits per heavy atom. The molecule has 0 atom stereocenters. The van der Waals surface area contributed by atoms with Crippen LogP contribution in [-0.4, -0.2) is 36.5 Å². The Morgan fingerprint density at radius 1 is 1.12 bits per heavy atom. The van der Waals surface area contributed by atoms with E-state index >= 15 is 0 Å². The topological polar surface area (TPSA) is 91.5 Å². The molecule has 0 aliphatic carbocycles. The maximum Gasteiger partial charge on any atom is 0.239 e. The van der Waals surface area contributed by atoms with Gasteiger partial charge in [-0.1, -0.05) is 17.7 Å². The summed E-state index contributed by atoms with van der Waals surface area (Å²) in [5, 5.41) is 8.81. The van der Waals surface area contributed by atoms with Gasteiger partial charge in [-0.05, 0) is 32.9 Å². The minimum Gasteiger partial charge on any atom is -0.444 e. The second kappa shape index (κ2) is 9.46. The van der Waals surface area contributed by atoms with Crippen LogP contribution in [0, 0.1) is 6.92 Å². The summed E-state index contributed by atoms with van der Waals surface area (Å²) in [5.74, 6) is 1.07. The number of likely N-dealkylation sites (N-methyl/N-ethyl adjacent to an activating group) is 1. The van der Waals surface area contributed by atoms with E-state index < -0.39 is 0 Å². The molecule has 7 heteroatoms. The fourth-order valence-electron chi connectivity index (χ4n) is 2.13. The summed E-state index contributed by atoms with van der Waals surface area (Å²) in [4.78, 5) is 20.4. The third-order valence-corrected chi connectivity index (χ3v) is 3.38. The second-order valence-electron chi connectivity index (χ2n) is 5.51. The van der Waals surface area contributed by atoms with Gasteiger partial charge in [0.25, 0.3) is 0 Å². The van der Waals surface area contributed by atoms with E-state index in [-0.39, 0.29) is 12.5 Å². The van der Waals surface area contributed by atoms with Crippen molar-refractivity contribution in [3.63, 3.8) is 0 Å². The molecule has 2 aromatic rings. The summed E-state index contributed by atoms with van der Waals surface area (Å²) < 4.78 is 5.53. The first-order valence-electron chi connectivity index (χ1n) is 8.42. The molecule has 1 aromatic carbocycles. The Balaban J connectivity index is 1.97. The molecular formula is C18H25N5O2. The molecule has 1 amide bonds. The summed E-state index contributed by atoms with van der Waals surface area (Å²) >= 11 is 0. The number of aromatic nitrogens is 1. The van der Waals surface area contributed by atoms with Gasteiger partial charge in [0.1, 0.15) is 12.0 Å². The molecule has 0 saturated heterocycles. The van der Waals surface area contributed by atoms with E-state index in [9.17, 15) is 4.79 Å². The van der Waals surface area contributed by atoms with E-state index in [1.54, 1.807) is 6.26 Å². The standard InChI is InChI=1S/C18H25N5O2/c1-4-19-16(24)11-22-18(20-5-2)21-10-15-12-25-17(23-15)14-8-6-13(3)7-9-14/h6-9,12H,4-5,10-11H2,1-3H3,(H,19,24)(H2,20,21,22). The van der Waals surface area contributed by atoms with Crippen molar-refractivity contribution in [2.45, 2.75) is 27.3 Å². The van der Waals surface area contributed by atoms with Gasteiger partial charge in [-0.3, -0.25) is 4.79 Å². The molecule has 0 fully saturated rings. The lowest BCUT2D eigenvalue weighted by molar-refractivity contribution is -0.119. The number of nitrogens with zero attached hydrogens (tertiary/aromatic N) is 2. The number of aliphatic imine (C=N–C) groups is 1. The van der Waals surface area contributed by atoms with E-state index in [0.717, 1.165) is 11.3 Å². The number of hydrogen-bond donors (Lipinski definition) is 3. The third-order valence-electron chi connectivity index (χ3n) is 3.38. The highest BCUT2D eigenvalue weighted by Crippen LogP contribution is 2.19. The van der Waals surface area contributed by atoms with Crippen LogP contribution in [-0.2, 0) is 11.3 Å². The van der Waals surface area contributed by atoms with Crippen LogP contribution in [0.3, 0.4) is 0 Å². The van der Waals surface area contributed by atoms with Crippen LogP contribution in [0.5, 0.6) is 0 Å². The van der Waals surface area contributed by atoms with Crippen LogP contribution in [0.25, 0.3) is 11.5 Å². The van der Waals surface area contributed by atoms with Gasteiger partial charge in [-0.15, -0.1) is 0 Å². The lowest BCUT2D eigenvalue weighted by atomic mass is 10.1. The van der Waals surface area contributed by atoms with Crippen molar-refractivity contribution < 1.29 is 9.21 Å². The van der Waals surface area contributed by atoms with Crippen molar-refractivity contribution in [1.29, 1.82) is 0 Å². The number of rotatable bonds is 7. The van der Waals surface area contributed by atoms with Crippen molar-refractivity contribution in [3.8, 4) is 11.5 Å². The number of carbonyl (C=O) groups excluding carboxylic acids is 1. The van der Waals surface area contributed by atoms with Crippen molar-refractivity contribution in [2.75, 3.05) is 19.6 Å². The molecule has 0 radical (unpaired) electrons. The minimum atomic E-state index is -0.0730. The Kier molecular flexibility index (Phi) is 7.00. The summed E-state index contributed by atoms with van der Waals surface area (Å²) in [6.07, 6.45) is 1.60. The largest absolute Gasteiger partial charge is 0.444 e. The number of benzene rings is 1. The predicted molar refractivity (Wildman–Crippen MR) is 98.2 cm³/mol. The zero-order valence-electron chi connectivity index (χ0n) is 14.9. The molecule has 0 aliphatic rings. The number of carbonyl (C=O) groups is 1. The van der Waals surface area contributed by atoms with E-state index in [1.165, 1.54) is 5.56 Å². The summed E-state index contributed by atoms with van der Waals surface area (Å²) in [6.45, 7) is 7.73. The maximum absolute atomic E-state index is 11.5. The monoisotopic (exact) mass is 343 g/mol. The Morgan fingerprint density at radius 2 is 1.84 bits per heavy atom. The molecular weight excluding hydrogens is 318 g/mol. The minimum absolute atomic E-state index is 0.0730. The second-order valence-corrected chi connectivity index (χ2v) is 5.51. The first-order chi connectivity index (χ1) is 12.1. The van der Waals surface area contributed by atoms with Crippen molar-refractivity contribution >= 4 is 11.9 Å². The molecule has 1 heterocycles. The Hall–Kier alpha value is -2.83. The number of amides is 1. The van der Waals surface area contributed by atoms with E-state index in [1.807, 2.05) is 45.0 Å². The molecule has 3 N–H and O–H groups in total. The highest BCUT2D eigenvalue weighted by Gasteiger charge is 2.07. The smallest absolute Gasteiger partial charge is 0.239 e. The number of oxazole rings is 1. The SMILES string of the molecule is CCNC(=O)CNC(=NCc1coc(-c2ccc(C)cc2)n1)NCC. The molecule has 0 bridgehead atoms. The summed E-state index contributed by atoms with van der Waals surface area (Å²) in [5.41, 5.74) is 2.85. The average molecular weight is 343 g/mol. The van der Waals surface area contributed by atoms with Crippen molar-refractivity contribution in [3.05, 3.63) is 41.8 Å². The zero-order chi connectivity index (χ0) is 18.1. The number of guanidine groups is 1. The van der Waals surface area contributed by atoms with E-state index in [2.05, 4.69) is 25.9 Å². The van der Waals surface area contributed by atoms with Gasteiger partial charge < -0.3 is 20.4 Å². The van der Waals surface area contributed by atoms with Gasteiger partial charge in [0.05, 0.1) is 13.1 Å². The van der Waals surface area contributed by atoms with Crippen LogP contribution in [0.2, 0.25) is 0 Å². The number of aryl methyl sites for hydroxylation is 1. The van der Waals surface area contributed by atoms with E-state index in [4.69, 9.17) is 4.42 Å². The summed E-state index contributed by atoms with van der Waals surface area (Å²) in [6, 6.07) is 8.00. The molecule has 0 aliphatic heterocycles. The van der Waals surface area contributed by atoms with Crippen molar-refractivity contribution in [1.82, 2.24) is 20.9 Å². The lowest BCUT2D eigenvalue weighted by Gasteiger charge is -2.10. The molecule has 25 heavy (non-hydrogen) atoms. The molecule has 1 aromatic heterocycles. The summed E-state index contributed by atoms with van der Waals surface area (Å²) in [7, 11) is 0. The van der Waals surface area contributed by atoms with Gasteiger partial charge in [-0.2, -0.15) is 0 Å². The number of nitrogens with one attached hydrogen (secondary N) is 3. The van der Waals surface area contributed by atoms with Crippen LogP contribution in [0.4, 0.5) is 0 Å². The van der Waals surface area contributed by atoms with Crippen molar-refractivity contribution in [2.24, 2.45) is 4.99 Å². The van der Waals surface area contributed by atoms with Crippen LogP contribution in [0.1, 0.15) is 25.1 Å². The maximum atomic E-state index is 11.5. The Labute approximate surface area is 147 Å². The Bertz CT molecular complexity index is 707. The van der Waals surface area contributed by atoms with Crippen LogP contribution < -0.4 is 16.0 Å². The molecule has 0 saturated carbocycles. The first-order valence-corrected chi connectivity index (χ1v) is 8.42. The molecule has 0 unspecified atom stereocenters. The fraction of sp³-hybridized carbons (Fsp3) is 0.389. The lowest BCUT2D eigenvalue weighted by Crippen LogP contribution is -2.43. The number of hydrogen-bond acceptors (Lipinski definition) is 4. The van der Waals surface area contributed by atoms with Crippen LogP contribution in [0.15, 0.2) is 39.9 Å². The quantitative estimate of drug-likeness (QED) is 0.527. The molecule has 2 rings (SSSR count). The molecule has 134 valence electrons. The normalized spacial score (nSPS) is 11.2. The molecule has 0 spiro atoms. The van der Waals surface area contributed by atoms with Gasteiger partial charge in [0.15, 0.2) is 5.96 Å². The van der Waals surface area contributed by atoms with Crippen LogP contribution >= 0.6 is 0 Å². The molecule has 7 nitrogen and oxygen atoms in total. The highest BCUT2D eigenvalue weighted by atomic mass is 16.3. The average Bonchev–Trinajstić information content (AvgIpc) is 3.07. The third kappa shape index (κ3) is 5.95. The zero-order valence-corrected chi connectivity index (χ0v) is 14.9. The van der Waals surface area contributed by atoms with Gasteiger partial charge in [0, 0.05) is 18.7 Å². The van der Waals surface area contributed by atoms with E-state index in [0.29, 0.717) is 31.5 Å². The van der Waals surface area contributed by atoms with Gasteiger partial charge in [0.2, 0.25) is 11.8 Å². The fourth-order valence-corrected chi connectivity index (χ4v) is 2.13. The first kappa shape index (κ1) is 18.5.